The number of carbonyl (C=O) groups is 1. The second-order valence-electron chi connectivity index (χ2n) is 5.45. The highest BCUT2D eigenvalue weighted by atomic mass is 35.7. The first-order valence-electron chi connectivity index (χ1n) is 5.79. The van der Waals surface area contributed by atoms with Gasteiger partial charge in [0.05, 0.1) is 16.5 Å². The molecule has 2 bridgehead atoms. The minimum Gasteiger partial charge on any atom is -0.297 e. The zero-order chi connectivity index (χ0) is 13.1. The molecule has 0 amide bonds. The van der Waals surface area contributed by atoms with Gasteiger partial charge >= 0.3 is 0 Å². The van der Waals surface area contributed by atoms with Crippen LogP contribution in [0.3, 0.4) is 0 Å². The minimum atomic E-state index is -3.70. The van der Waals surface area contributed by atoms with Gasteiger partial charge in [-0.2, -0.15) is 0 Å². The topological polar surface area (TPSA) is 51.2 Å². The molecule has 2 aliphatic carbocycles. The number of Topliss-reactive ketones (excluding diaryl/α,β-unsaturated/α-hetero) is 1. The molecule has 0 heterocycles. The minimum absolute atomic E-state index is 0.0834. The molecule has 4 unspecified atom stereocenters. The van der Waals surface area contributed by atoms with Crippen LogP contribution in [0.15, 0.2) is 0 Å². The van der Waals surface area contributed by atoms with Crippen LogP contribution in [0.1, 0.15) is 33.1 Å². The summed E-state index contributed by atoms with van der Waals surface area (Å²) in [6.45, 7) is 3.96. The molecule has 0 aromatic heterocycles. The van der Waals surface area contributed by atoms with Crippen LogP contribution in [-0.2, 0) is 13.8 Å². The predicted octanol–water partition coefficient (Wildman–Crippen LogP) is 2.56. The highest BCUT2D eigenvalue weighted by Gasteiger charge is 2.70. The van der Waals surface area contributed by atoms with Gasteiger partial charge in [-0.25, -0.2) is 8.42 Å². The van der Waals surface area contributed by atoms with Gasteiger partial charge in [0.1, 0.15) is 0 Å². The largest absolute Gasteiger partial charge is 0.297 e. The third kappa shape index (κ3) is 1.67. The van der Waals surface area contributed by atoms with E-state index in [4.69, 9.17) is 22.3 Å². The Kier molecular flexibility index (Phi) is 3.08. The van der Waals surface area contributed by atoms with Crippen molar-refractivity contribution in [3.8, 4) is 0 Å². The fraction of sp³-hybridized carbons (Fsp3) is 0.909. The van der Waals surface area contributed by atoms with Crippen LogP contribution in [0.2, 0.25) is 0 Å². The molecule has 4 atom stereocenters. The molecule has 17 heavy (non-hydrogen) atoms. The maximum Gasteiger partial charge on any atom is 0.233 e. The third-order valence-corrected chi connectivity index (χ3v) is 6.69. The summed E-state index contributed by atoms with van der Waals surface area (Å²) in [5, 5.41) is -0.549. The van der Waals surface area contributed by atoms with Crippen molar-refractivity contribution in [2.24, 2.45) is 16.7 Å². The van der Waals surface area contributed by atoms with Crippen molar-refractivity contribution in [3.63, 3.8) is 0 Å². The van der Waals surface area contributed by atoms with Crippen LogP contribution in [0.4, 0.5) is 0 Å². The standard InChI is InChI=1S/C11H16Cl2O3S/c1-3-10(2)7-4-5-11(10,6-17(13,15)16)9(14)8(7)12/h7-8H,3-6H2,1-2H3. The summed E-state index contributed by atoms with van der Waals surface area (Å²) in [6.07, 6.45) is 2.16. The van der Waals surface area contributed by atoms with Crippen molar-refractivity contribution in [2.45, 2.75) is 38.5 Å². The van der Waals surface area contributed by atoms with Gasteiger partial charge in [-0.1, -0.05) is 13.8 Å². The van der Waals surface area contributed by atoms with Gasteiger partial charge in [-0.15, -0.1) is 11.6 Å². The van der Waals surface area contributed by atoms with E-state index in [0.717, 1.165) is 12.8 Å². The van der Waals surface area contributed by atoms with Gasteiger partial charge in [0, 0.05) is 10.7 Å². The number of alkyl halides is 1. The first-order chi connectivity index (χ1) is 7.68. The number of ketones is 1. The molecule has 2 saturated carbocycles. The number of fused-ring (bicyclic) bond motifs is 2. The van der Waals surface area contributed by atoms with Crippen molar-refractivity contribution in [3.05, 3.63) is 0 Å². The predicted molar refractivity (Wildman–Crippen MR) is 67.8 cm³/mol. The van der Waals surface area contributed by atoms with Crippen LogP contribution >= 0.6 is 22.3 Å². The molecule has 0 aromatic rings. The maximum absolute atomic E-state index is 12.3. The molecule has 0 radical (unpaired) electrons. The van der Waals surface area contributed by atoms with Crippen molar-refractivity contribution in [1.82, 2.24) is 0 Å². The van der Waals surface area contributed by atoms with Crippen LogP contribution in [0.5, 0.6) is 0 Å². The molecular formula is C11H16Cl2O3S. The van der Waals surface area contributed by atoms with Crippen LogP contribution < -0.4 is 0 Å². The SMILES string of the molecule is CCC1(C)C2CCC1(CS(=O)(=O)Cl)C(=O)C2Cl. The second-order valence-corrected chi connectivity index (χ2v) is 8.69. The van der Waals surface area contributed by atoms with Crippen LogP contribution in [0, 0.1) is 16.7 Å². The van der Waals surface area contributed by atoms with E-state index in [1.54, 1.807) is 0 Å². The lowest BCUT2D eigenvalue weighted by molar-refractivity contribution is -0.128. The summed E-state index contributed by atoms with van der Waals surface area (Å²) < 4.78 is 22.8. The van der Waals surface area contributed by atoms with Gasteiger partial charge < -0.3 is 0 Å². The Morgan fingerprint density at radius 3 is 2.53 bits per heavy atom. The molecule has 0 N–H and O–H groups in total. The number of halogens is 2. The number of hydrogen-bond acceptors (Lipinski definition) is 3. The summed E-state index contributed by atoms with van der Waals surface area (Å²) in [5.74, 6) is -0.311. The molecule has 98 valence electrons. The fourth-order valence-electron chi connectivity index (χ4n) is 3.88. The first-order valence-corrected chi connectivity index (χ1v) is 8.70. The Hall–Kier alpha value is 0.200. The van der Waals surface area contributed by atoms with Gasteiger partial charge in [0.2, 0.25) is 9.05 Å². The van der Waals surface area contributed by atoms with E-state index >= 15 is 0 Å². The van der Waals surface area contributed by atoms with Crippen molar-refractivity contribution < 1.29 is 13.2 Å². The molecule has 3 nitrogen and oxygen atoms in total. The fourth-order valence-corrected chi connectivity index (χ4v) is 6.26. The normalized spacial score (nSPS) is 45.5. The molecule has 0 saturated heterocycles. The zero-order valence-electron chi connectivity index (χ0n) is 9.87. The second kappa shape index (κ2) is 3.84. The van der Waals surface area contributed by atoms with E-state index in [0.29, 0.717) is 6.42 Å². The van der Waals surface area contributed by atoms with E-state index in [-0.39, 0.29) is 22.9 Å². The Balaban J connectivity index is 2.52. The quantitative estimate of drug-likeness (QED) is 0.594. The summed E-state index contributed by atoms with van der Waals surface area (Å²) in [5.41, 5.74) is -1.20. The zero-order valence-corrected chi connectivity index (χ0v) is 12.2. The first kappa shape index (κ1) is 13.6. The lowest BCUT2D eigenvalue weighted by atomic mass is 9.67. The molecule has 2 aliphatic rings. The highest BCUT2D eigenvalue weighted by Crippen LogP contribution is 2.67. The molecule has 2 rings (SSSR count). The van der Waals surface area contributed by atoms with Gasteiger partial charge in [-0.05, 0) is 30.6 Å². The summed E-state index contributed by atoms with van der Waals surface area (Å²) in [4.78, 5) is 12.3. The average molecular weight is 299 g/mol. The summed E-state index contributed by atoms with van der Waals surface area (Å²) in [6, 6.07) is 0. The summed E-state index contributed by atoms with van der Waals surface area (Å²) in [7, 11) is 1.68. The molecular weight excluding hydrogens is 283 g/mol. The molecule has 0 aromatic carbocycles. The monoisotopic (exact) mass is 298 g/mol. The van der Waals surface area contributed by atoms with Gasteiger partial charge in [-0.3, -0.25) is 4.79 Å². The molecule has 0 spiro atoms. The van der Waals surface area contributed by atoms with E-state index in [1.165, 1.54) is 0 Å². The van der Waals surface area contributed by atoms with Crippen molar-refractivity contribution in [2.75, 3.05) is 5.75 Å². The summed E-state index contributed by atoms with van der Waals surface area (Å²) >= 11 is 6.15. The lowest BCUT2D eigenvalue weighted by Gasteiger charge is -2.37. The smallest absolute Gasteiger partial charge is 0.233 e. The van der Waals surface area contributed by atoms with E-state index in [1.807, 2.05) is 13.8 Å². The Bertz CT molecular complexity index is 461. The van der Waals surface area contributed by atoms with Crippen molar-refractivity contribution >= 4 is 37.1 Å². The Morgan fingerprint density at radius 1 is 1.47 bits per heavy atom. The number of carbonyl (C=O) groups excluding carboxylic acids is 1. The highest BCUT2D eigenvalue weighted by molar-refractivity contribution is 8.13. The maximum atomic E-state index is 12.3. The molecule has 6 heteroatoms. The average Bonchev–Trinajstić information content (AvgIpc) is 2.55. The molecule has 2 fully saturated rings. The lowest BCUT2D eigenvalue weighted by Crippen LogP contribution is -2.43. The Morgan fingerprint density at radius 2 is 2.06 bits per heavy atom. The van der Waals surface area contributed by atoms with E-state index in [9.17, 15) is 13.2 Å². The van der Waals surface area contributed by atoms with Crippen molar-refractivity contribution in [1.29, 1.82) is 0 Å². The van der Waals surface area contributed by atoms with E-state index < -0.39 is 19.8 Å². The molecule has 0 aliphatic heterocycles. The Labute approximate surface area is 111 Å². The van der Waals surface area contributed by atoms with Gasteiger partial charge in [0.25, 0.3) is 0 Å². The van der Waals surface area contributed by atoms with Gasteiger partial charge in [0.15, 0.2) is 5.78 Å². The number of rotatable bonds is 3. The van der Waals surface area contributed by atoms with Crippen LogP contribution in [0.25, 0.3) is 0 Å². The number of hydrogen-bond donors (Lipinski definition) is 0. The third-order valence-electron chi connectivity index (χ3n) is 5.02. The van der Waals surface area contributed by atoms with E-state index in [2.05, 4.69) is 0 Å². The van der Waals surface area contributed by atoms with Crippen LogP contribution in [-0.4, -0.2) is 25.3 Å².